The van der Waals surface area contributed by atoms with E-state index in [4.69, 9.17) is 9.72 Å². The molecule has 0 bridgehead atoms. The molecule has 0 atom stereocenters. The van der Waals surface area contributed by atoms with Crippen molar-refractivity contribution in [3.8, 4) is 5.75 Å². The Hall–Kier alpha value is -2.76. The number of ether oxygens (including phenoxy) is 1. The summed E-state index contributed by atoms with van der Waals surface area (Å²) in [5.74, 6) is 3.02. The van der Waals surface area contributed by atoms with Crippen molar-refractivity contribution in [3.63, 3.8) is 0 Å². The molecule has 6 heteroatoms. The molecular weight excluding hydrogens is 386 g/mol. The minimum atomic E-state index is 0.271. The molecule has 0 amide bonds. The van der Waals surface area contributed by atoms with Crippen molar-refractivity contribution in [1.82, 2.24) is 15.2 Å². The van der Waals surface area contributed by atoms with Crippen molar-refractivity contribution in [2.24, 2.45) is 4.99 Å². The molecule has 0 spiro atoms. The van der Waals surface area contributed by atoms with Crippen molar-refractivity contribution in [2.75, 3.05) is 38.1 Å². The van der Waals surface area contributed by atoms with E-state index in [0.29, 0.717) is 0 Å². The van der Waals surface area contributed by atoms with Crippen LogP contribution in [0.3, 0.4) is 0 Å². The van der Waals surface area contributed by atoms with E-state index in [2.05, 4.69) is 32.2 Å². The van der Waals surface area contributed by atoms with E-state index in [1.807, 2.05) is 43.6 Å². The van der Waals surface area contributed by atoms with Gasteiger partial charge in [-0.2, -0.15) is 0 Å². The second-order valence-electron chi connectivity index (χ2n) is 8.44. The molecule has 0 unspecified atom stereocenters. The van der Waals surface area contributed by atoms with Gasteiger partial charge < -0.3 is 19.9 Å². The zero-order valence-electron chi connectivity index (χ0n) is 18.7. The smallest absolute Gasteiger partial charge is 0.193 e. The fraction of sp³-hybridized carbons (Fsp3) is 0.520. The van der Waals surface area contributed by atoms with Crippen LogP contribution < -0.4 is 15.0 Å². The Morgan fingerprint density at radius 3 is 2.39 bits per heavy atom. The zero-order chi connectivity index (χ0) is 21.3. The largest absolute Gasteiger partial charge is 0.490 e. The van der Waals surface area contributed by atoms with Gasteiger partial charge in [0.15, 0.2) is 5.96 Å². The molecule has 0 aliphatic carbocycles. The average Bonchev–Trinajstić information content (AvgIpc) is 3.11. The Morgan fingerprint density at radius 1 is 1.00 bits per heavy atom. The zero-order valence-corrected chi connectivity index (χ0v) is 18.7. The van der Waals surface area contributed by atoms with Crippen molar-refractivity contribution in [2.45, 2.75) is 51.2 Å². The molecule has 6 nitrogen and oxygen atoms in total. The lowest BCUT2D eigenvalue weighted by Crippen LogP contribution is -2.47. The number of rotatable bonds is 5. The highest BCUT2D eigenvalue weighted by molar-refractivity contribution is 5.80. The SMILES string of the molecule is CN=C(NCc1ccc(N2CCCCCC2)nc1)N1CCC(Oc2ccccc2)CC1. The Balaban J connectivity index is 1.24. The summed E-state index contributed by atoms with van der Waals surface area (Å²) < 4.78 is 6.12. The molecule has 166 valence electrons. The number of pyridine rings is 1. The van der Waals surface area contributed by atoms with Crippen molar-refractivity contribution in [3.05, 3.63) is 54.2 Å². The van der Waals surface area contributed by atoms with Gasteiger partial charge >= 0.3 is 0 Å². The topological polar surface area (TPSA) is 53.0 Å². The van der Waals surface area contributed by atoms with Crippen LogP contribution in [-0.4, -0.2) is 55.2 Å². The quantitative estimate of drug-likeness (QED) is 0.582. The molecule has 2 aliphatic heterocycles. The third-order valence-corrected chi connectivity index (χ3v) is 6.19. The second kappa shape index (κ2) is 11.0. The number of hydrogen-bond donors (Lipinski definition) is 1. The van der Waals surface area contributed by atoms with E-state index >= 15 is 0 Å². The van der Waals surface area contributed by atoms with Gasteiger partial charge in [-0.3, -0.25) is 4.99 Å². The minimum Gasteiger partial charge on any atom is -0.490 e. The van der Waals surface area contributed by atoms with Gasteiger partial charge in [0.2, 0.25) is 0 Å². The van der Waals surface area contributed by atoms with E-state index in [9.17, 15) is 0 Å². The molecule has 2 saturated heterocycles. The fourth-order valence-corrected chi connectivity index (χ4v) is 4.40. The van der Waals surface area contributed by atoms with Gasteiger partial charge in [0.1, 0.15) is 17.7 Å². The predicted octanol–water partition coefficient (Wildman–Crippen LogP) is 4.08. The summed E-state index contributed by atoms with van der Waals surface area (Å²) in [6.45, 7) is 4.88. The first-order valence-electron chi connectivity index (χ1n) is 11.7. The number of hydrogen-bond acceptors (Lipinski definition) is 4. The first-order chi connectivity index (χ1) is 15.3. The maximum atomic E-state index is 6.12. The van der Waals surface area contributed by atoms with E-state index in [0.717, 1.165) is 63.1 Å². The molecule has 31 heavy (non-hydrogen) atoms. The van der Waals surface area contributed by atoms with E-state index in [-0.39, 0.29) is 6.10 Å². The van der Waals surface area contributed by atoms with Crippen molar-refractivity contribution in [1.29, 1.82) is 0 Å². The monoisotopic (exact) mass is 421 g/mol. The van der Waals surface area contributed by atoms with Crippen LogP contribution in [0.5, 0.6) is 5.75 Å². The Morgan fingerprint density at radius 2 is 1.74 bits per heavy atom. The highest BCUT2D eigenvalue weighted by Crippen LogP contribution is 2.19. The van der Waals surface area contributed by atoms with Gasteiger partial charge in [0.05, 0.1) is 0 Å². The number of aromatic nitrogens is 1. The molecule has 0 saturated carbocycles. The van der Waals surface area contributed by atoms with Gasteiger partial charge in [0.25, 0.3) is 0 Å². The average molecular weight is 422 g/mol. The Bertz CT molecular complexity index is 808. The molecule has 0 radical (unpaired) electrons. The van der Waals surface area contributed by atoms with Crippen LogP contribution in [0.1, 0.15) is 44.1 Å². The van der Waals surface area contributed by atoms with Gasteiger partial charge in [0, 0.05) is 58.8 Å². The summed E-state index contributed by atoms with van der Waals surface area (Å²) in [5, 5.41) is 3.51. The number of guanidine groups is 1. The van der Waals surface area contributed by atoms with Gasteiger partial charge in [-0.25, -0.2) is 4.98 Å². The summed E-state index contributed by atoms with van der Waals surface area (Å²) in [7, 11) is 1.86. The van der Waals surface area contributed by atoms with Crippen LogP contribution in [-0.2, 0) is 6.54 Å². The number of likely N-dealkylation sites (tertiary alicyclic amines) is 1. The van der Waals surface area contributed by atoms with Crippen LogP contribution in [0.2, 0.25) is 0 Å². The first-order valence-corrected chi connectivity index (χ1v) is 11.7. The number of nitrogens with zero attached hydrogens (tertiary/aromatic N) is 4. The maximum absolute atomic E-state index is 6.12. The summed E-state index contributed by atoms with van der Waals surface area (Å²) in [4.78, 5) is 14.0. The van der Waals surface area contributed by atoms with Crippen molar-refractivity contribution >= 4 is 11.8 Å². The third-order valence-electron chi connectivity index (χ3n) is 6.19. The lowest BCUT2D eigenvalue weighted by molar-refractivity contribution is 0.129. The first kappa shape index (κ1) is 21.5. The van der Waals surface area contributed by atoms with E-state index in [1.165, 1.54) is 31.2 Å². The number of aliphatic imine (C=N–C) groups is 1. The number of anilines is 1. The molecule has 2 aromatic rings. The van der Waals surface area contributed by atoms with Crippen LogP contribution in [0.15, 0.2) is 53.7 Å². The molecule has 2 fully saturated rings. The van der Waals surface area contributed by atoms with Crippen LogP contribution in [0.25, 0.3) is 0 Å². The van der Waals surface area contributed by atoms with Gasteiger partial charge in [-0.15, -0.1) is 0 Å². The number of nitrogens with one attached hydrogen (secondary N) is 1. The third kappa shape index (κ3) is 6.12. The summed E-state index contributed by atoms with van der Waals surface area (Å²) >= 11 is 0. The standard InChI is InChI=1S/C25H35N5O/c1-26-25(30-17-13-23(14-18-30)31-22-9-5-4-6-10-22)28-20-21-11-12-24(27-19-21)29-15-7-2-3-8-16-29/h4-6,9-12,19,23H,2-3,7-8,13-18,20H2,1H3,(H,26,28). The summed E-state index contributed by atoms with van der Waals surface area (Å²) in [6, 6.07) is 14.5. The normalized spacial score (nSPS) is 18.5. The molecule has 1 N–H and O–H groups in total. The summed E-state index contributed by atoms with van der Waals surface area (Å²) in [5.41, 5.74) is 1.18. The fourth-order valence-electron chi connectivity index (χ4n) is 4.40. The highest BCUT2D eigenvalue weighted by atomic mass is 16.5. The predicted molar refractivity (Wildman–Crippen MR) is 127 cm³/mol. The number of benzene rings is 1. The summed E-state index contributed by atoms with van der Waals surface area (Å²) in [6.07, 6.45) is 9.50. The maximum Gasteiger partial charge on any atom is 0.193 e. The van der Waals surface area contributed by atoms with Gasteiger partial charge in [-0.1, -0.05) is 37.1 Å². The lowest BCUT2D eigenvalue weighted by atomic mass is 10.1. The highest BCUT2D eigenvalue weighted by Gasteiger charge is 2.22. The van der Waals surface area contributed by atoms with Crippen molar-refractivity contribution < 1.29 is 4.74 Å². The van der Waals surface area contributed by atoms with Gasteiger partial charge in [-0.05, 0) is 36.6 Å². The van der Waals surface area contributed by atoms with E-state index < -0.39 is 0 Å². The Labute approximate surface area is 186 Å². The second-order valence-corrected chi connectivity index (χ2v) is 8.44. The molecule has 3 heterocycles. The van der Waals surface area contributed by atoms with Crippen LogP contribution in [0, 0.1) is 0 Å². The Kier molecular flexibility index (Phi) is 7.64. The molecule has 1 aromatic carbocycles. The number of para-hydroxylation sites is 1. The van der Waals surface area contributed by atoms with Crippen LogP contribution >= 0.6 is 0 Å². The van der Waals surface area contributed by atoms with E-state index in [1.54, 1.807) is 0 Å². The number of piperidine rings is 1. The van der Waals surface area contributed by atoms with Crippen LogP contribution in [0.4, 0.5) is 5.82 Å². The minimum absolute atomic E-state index is 0.271. The lowest BCUT2D eigenvalue weighted by Gasteiger charge is -2.34. The molecule has 2 aliphatic rings. The molecular formula is C25H35N5O. The molecule has 1 aromatic heterocycles. The molecule has 4 rings (SSSR count).